The Morgan fingerprint density at radius 1 is 1.14 bits per heavy atom. The van der Waals surface area contributed by atoms with E-state index in [-0.39, 0.29) is 6.61 Å². The van der Waals surface area contributed by atoms with Crippen molar-refractivity contribution in [3.05, 3.63) is 42.2 Å². The molecule has 0 aliphatic carbocycles. The fraction of sp³-hybridized carbons (Fsp3) is 0.167. The monoisotopic (exact) mass is 639 g/mol. The summed E-state index contributed by atoms with van der Waals surface area (Å²) in [5.74, 6) is 0.737. The Kier molecular flexibility index (Phi) is 8.68. The average Bonchev–Trinajstić information content (AvgIpc) is 2.45. The summed E-state index contributed by atoms with van der Waals surface area (Å²) < 4.78 is 5.12. The normalized spacial score (nSPS) is 11.3. The van der Waals surface area contributed by atoms with Crippen LogP contribution in [0.15, 0.2) is 36.7 Å². The van der Waals surface area contributed by atoms with Crippen LogP contribution < -0.4 is 4.74 Å². The van der Waals surface area contributed by atoms with E-state index < -0.39 is 9.87 Å². The van der Waals surface area contributed by atoms with Crippen LogP contribution in [-0.4, -0.2) is 22.2 Å². The van der Waals surface area contributed by atoms with Crippen LogP contribution in [0.4, 0.5) is 0 Å². The molecular formula is C12H12Br2Cl2N2O2Pt. The van der Waals surface area contributed by atoms with Crippen molar-refractivity contribution in [1.82, 2.24) is 9.97 Å². The van der Waals surface area contributed by atoms with Crippen LogP contribution in [0.5, 0.6) is 5.75 Å². The van der Waals surface area contributed by atoms with Crippen molar-refractivity contribution in [2.45, 2.75) is 6.61 Å². The van der Waals surface area contributed by atoms with Crippen molar-refractivity contribution in [3.63, 3.8) is 0 Å². The molecule has 0 spiro atoms. The summed E-state index contributed by atoms with van der Waals surface area (Å²) in [5, 5.41) is 9.04. The zero-order chi connectivity index (χ0) is 15.9. The second kappa shape index (κ2) is 9.43. The van der Waals surface area contributed by atoms with Gasteiger partial charge in [0.2, 0.25) is 0 Å². The standard InChI is InChI=1S/C12H12N2O2.2BrH.2ClH.Pt/c1-16-10-3-5-14-12(7-10)11-6-9(8-15)2-4-13-11;;;;;/h2-7,15H,8H2,1H3;4*1H;/q;;;;;+4/p-4. The molecule has 2 aromatic heterocycles. The van der Waals surface area contributed by atoms with E-state index in [2.05, 4.69) is 36.6 Å². The van der Waals surface area contributed by atoms with Crippen molar-refractivity contribution in [3.8, 4) is 17.1 Å². The van der Waals surface area contributed by atoms with Crippen LogP contribution in [0.1, 0.15) is 5.56 Å². The maximum absolute atomic E-state index is 9.04. The summed E-state index contributed by atoms with van der Waals surface area (Å²) in [6.45, 7) is -0.000507. The summed E-state index contributed by atoms with van der Waals surface area (Å²) in [7, 11) is 9.85. The van der Waals surface area contributed by atoms with Gasteiger partial charge in [0.15, 0.2) is 0 Å². The first kappa shape index (κ1) is 19.3. The van der Waals surface area contributed by atoms with E-state index in [1.54, 1.807) is 31.6 Å². The number of hydrogen-bond donors (Lipinski definition) is 1. The molecule has 0 bridgehead atoms. The Hall–Kier alpha value is 0.288. The molecule has 2 heterocycles. The number of aliphatic hydroxyl groups excluding tert-OH is 1. The van der Waals surface area contributed by atoms with Crippen LogP contribution in [0, 0.1) is 0 Å². The number of aliphatic hydroxyl groups is 1. The minimum absolute atomic E-state index is 0.000507. The predicted molar refractivity (Wildman–Crippen MR) is 89.5 cm³/mol. The number of rotatable bonds is 3. The molecule has 120 valence electrons. The Morgan fingerprint density at radius 3 is 2.19 bits per heavy atom. The van der Waals surface area contributed by atoms with E-state index in [0.717, 1.165) is 22.7 Å². The summed E-state index contributed by atoms with van der Waals surface area (Å²) in [4.78, 5) is 8.41. The van der Waals surface area contributed by atoms with Crippen LogP contribution in [-0.2, 0) is 16.5 Å². The number of hydrogen-bond acceptors (Lipinski definition) is 4. The zero-order valence-electron chi connectivity index (χ0n) is 10.7. The first-order valence-electron chi connectivity index (χ1n) is 5.37. The average molecular weight is 642 g/mol. The van der Waals surface area contributed by atoms with Gasteiger partial charge in [-0.3, -0.25) is 9.97 Å². The predicted octanol–water partition coefficient (Wildman–Crippen LogP) is 4.71. The van der Waals surface area contributed by atoms with Gasteiger partial charge >= 0.3 is 55.3 Å². The van der Waals surface area contributed by atoms with E-state index in [9.17, 15) is 0 Å². The summed E-state index contributed by atoms with van der Waals surface area (Å²) in [6.07, 6.45) is 3.32. The summed E-state index contributed by atoms with van der Waals surface area (Å²) in [5.41, 5.74) is 2.27. The molecule has 4 nitrogen and oxygen atoms in total. The third-order valence-electron chi connectivity index (χ3n) is 2.24. The van der Waals surface area contributed by atoms with E-state index >= 15 is 0 Å². The van der Waals surface area contributed by atoms with Gasteiger partial charge in [0.25, 0.3) is 0 Å². The van der Waals surface area contributed by atoms with Gasteiger partial charge in [-0.25, -0.2) is 0 Å². The molecule has 0 saturated heterocycles. The van der Waals surface area contributed by atoms with Crippen molar-refractivity contribution < 1.29 is 19.7 Å². The Bertz CT molecular complexity index is 534. The molecule has 21 heavy (non-hydrogen) atoms. The summed E-state index contributed by atoms with van der Waals surface area (Å²) >= 11 is 6.01. The van der Waals surface area contributed by atoms with E-state index in [4.69, 9.17) is 28.7 Å². The fourth-order valence-corrected chi connectivity index (χ4v) is 1.39. The van der Waals surface area contributed by atoms with E-state index in [0.29, 0.717) is 0 Å². The van der Waals surface area contributed by atoms with Gasteiger partial charge in [-0.15, -0.1) is 0 Å². The molecule has 0 aliphatic heterocycles. The van der Waals surface area contributed by atoms with Crippen LogP contribution in [0.3, 0.4) is 0 Å². The topological polar surface area (TPSA) is 55.2 Å². The fourth-order valence-electron chi connectivity index (χ4n) is 1.39. The van der Waals surface area contributed by atoms with Gasteiger partial charge in [-0.05, 0) is 23.8 Å². The first-order valence-corrected chi connectivity index (χ1v) is 20.9. The number of halogens is 4. The third-order valence-corrected chi connectivity index (χ3v) is 2.24. The second-order valence-electron chi connectivity index (χ2n) is 3.56. The maximum atomic E-state index is 9.04. The minimum atomic E-state index is -2.38. The second-order valence-corrected chi connectivity index (χ2v) is 39.7. The Balaban J connectivity index is 0.000000383. The van der Waals surface area contributed by atoms with E-state index in [1.165, 1.54) is 0 Å². The molecule has 0 unspecified atom stereocenters. The molecule has 0 amide bonds. The molecule has 9 heteroatoms. The number of aromatic nitrogens is 2. The zero-order valence-corrected chi connectivity index (χ0v) is 17.7. The molecular weight excluding hydrogens is 630 g/mol. The molecule has 0 aliphatic rings. The van der Waals surface area contributed by atoms with Crippen LogP contribution >= 0.6 is 45.4 Å². The van der Waals surface area contributed by atoms with Gasteiger partial charge in [0.05, 0.1) is 25.1 Å². The number of nitrogens with zero attached hydrogens (tertiary/aromatic N) is 2. The first-order chi connectivity index (χ1) is 9.83. The molecule has 2 rings (SSSR count). The SMILES string of the molecule is COc1ccnc(-c2cc(CO)ccn2)c1.[Cl][Pt]([Cl])([Br])[Br]. The molecule has 0 atom stereocenters. The molecule has 0 saturated carbocycles. The van der Waals surface area contributed by atoms with Crippen molar-refractivity contribution >= 4 is 45.4 Å². The quantitative estimate of drug-likeness (QED) is 0.528. The number of methoxy groups -OCH3 is 1. The summed E-state index contributed by atoms with van der Waals surface area (Å²) in [6, 6.07) is 7.16. The van der Waals surface area contributed by atoms with Gasteiger partial charge < -0.3 is 9.84 Å². The molecule has 1 N–H and O–H groups in total. The van der Waals surface area contributed by atoms with Crippen LogP contribution in [0.2, 0.25) is 0 Å². The van der Waals surface area contributed by atoms with Crippen molar-refractivity contribution in [2.75, 3.05) is 7.11 Å². The van der Waals surface area contributed by atoms with Gasteiger partial charge in [-0.1, -0.05) is 0 Å². The van der Waals surface area contributed by atoms with Crippen molar-refractivity contribution in [1.29, 1.82) is 0 Å². The van der Waals surface area contributed by atoms with Gasteiger partial charge in [0, 0.05) is 18.5 Å². The van der Waals surface area contributed by atoms with Gasteiger partial charge in [0.1, 0.15) is 5.75 Å². The number of ether oxygens (including phenoxy) is 1. The molecule has 0 aromatic carbocycles. The molecule has 2 aromatic rings. The molecule has 0 radical (unpaired) electrons. The van der Waals surface area contributed by atoms with Gasteiger partial charge in [-0.2, -0.15) is 0 Å². The Labute approximate surface area is 147 Å². The Morgan fingerprint density at radius 2 is 1.67 bits per heavy atom. The van der Waals surface area contributed by atoms with Crippen molar-refractivity contribution in [2.24, 2.45) is 0 Å². The number of pyridine rings is 2. The third kappa shape index (κ3) is 8.48. The van der Waals surface area contributed by atoms with E-state index in [1.807, 2.05) is 12.1 Å². The van der Waals surface area contributed by atoms with Crippen LogP contribution in [0.25, 0.3) is 11.4 Å². The molecule has 0 fully saturated rings.